The Morgan fingerprint density at radius 2 is 2.14 bits per heavy atom. The molecule has 0 aliphatic carbocycles. The normalized spacial score (nSPS) is 19.5. The highest BCUT2D eigenvalue weighted by Gasteiger charge is 2.28. The average Bonchev–Trinajstić information content (AvgIpc) is 2.40. The molecule has 0 spiro atoms. The molecule has 1 aromatic rings. The minimum Gasteiger partial charge on any atom is -0.444 e. The van der Waals surface area contributed by atoms with Crippen LogP contribution in [-0.2, 0) is 4.74 Å². The van der Waals surface area contributed by atoms with Crippen LogP contribution in [0.4, 0.5) is 9.18 Å². The Labute approximate surface area is 125 Å². The van der Waals surface area contributed by atoms with Crippen LogP contribution in [0, 0.1) is 12.7 Å². The topological polar surface area (TPSA) is 41.6 Å². The maximum absolute atomic E-state index is 13.4. The smallest absolute Gasteiger partial charge is 0.410 e. The van der Waals surface area contributed by atoms with E-state index in [1.807, 2.05) is 26.8 Å². The molecule has 1 unspecified atom stereocenters. The molecule has 1 saturated heterocycles. The first-order chi connectivity index (χ1) is 9.76. The Bertz CT molecular complexity index is 525. The lowest BCUT2D eigenvalue weighted by Gasteiger charge is -2.35. The first kappa shape index (κ1) is 15.8. The van der Waals surface area contributed by atoms with Crippen LogP contribution in [0.2, 0.25) is 0 Å². The molecule has 1 fully saturated rings. The van der Waals surface area contributed by atoms with Gasteiger partial charge in [-0.2, -0.15) is 0 Å². The summed E-state index contributed by atoms with van der Waals surface area (Å²) in [5.74, 6) is -0.210. The van der Waals surface area contributed by atoms with Crippen molar-refractivity contribution >= 4 is 6.09 Å². The second-order valence-electron chi connectivity index (χ2n) is 6.44. The van der Waals surface area contributed by atoms with Gasteiger partial charge in [-0.3, -0.25) is 0 Å². The van der Waals surface area contributed by atoms with E-state index >= 15 is 0 Å². The number of halogens is 1. The molecule has 1 aliphatic rings. The summed E-state index contributed by atoms with van der Waals surface area (Å²) >= 11 is 0. The number of nitrogens with one attached hydrogen (secondary N) is 1. The Hall–Kier alpha value is -1.62. The Kier molecular flexibility index (Phi) is 4.52. The molecule has 0 aromatic heterocycles. The highest BCUT2D eigenvalue weighted by atomic mass is 19.1. The summed E-state index contributed by atoms with van der Waals surface area (Å²) < 4.78 is 18.8. The summed E-state index contributed by atoms with van der Waals surface area (Å²) in [6.45, 7) is 9.15. The van der Waals surface area contributed by atoms with E-state index in [2.05, 4.69) is 5.32 Å². The first-order valence-electron chi connectivity index (χ1n) is 7.23. The van der Waals surface area contributed by atoms with E-state index in [1.165, 1.54) is 6.07 Å². The predicted molar refractivity (Wildman–Crippen MR) is 79.7 cm³/mol. The van der Waals surface area contributed by atoms with Gasteiger partial charge < -0.3 is 15.0 Å². The van der Waals surface area contributed by atoms with Crippen molar-refractivity contribution in [3.8, 4) is 0 Å². The van der Waals surface area contributed by atoms with Gasteiger partial charge >= 0.3 is 6.09 Å². The first-order valence-corrected chi connectivity index (χ1v) is 7.23. The molecule has 21 heavy (non-hydrogen) atoms. The minimum absolute atomic E-state index is 0.00516. The third kappa shape index (κ3) is 4.17. The number of nitrogens with zero attached hydrogens (tertiary/aromatic N) is 1. The zero-order chi connectivity index (χ0) is 15.6. The molecule has 0 saturated carbocycles. The number of piperazine rings is 1. The van der Waals surface area contributed by atoms with Crippen molar-refractivity contribution in [2.24, 2.45) is 0 Å². The summed E-state index contributed by atoms with van der Waals surface area (Å²) in [4.78, 5) is 13.8. The van der Waals surface area contributed by atoms with Gasteiger partial charge in [0.2, 0.25) is 0 Å². The number of carbonyl (C=O) groups excluding carboxylic acids is 1. The van der Waals surface area contributed by atoms with Gasteiger partial charge in [0.15, 0.2) is 0 Å². The fourth-order valence-electron chi connectivity index (χ4n) is 2.35. The second-order valence-corrected chi connectivity index (χ2v) is 6.44. The molecule has 1 aromatic carbocycles. The van der Waals surface area contributed by atoms with Crippen molar-refractivity contribution in [3.63, 3.8) is 0 Å². The highest BCUT2D eigenvalue weighted by Crippen LogP contribution is 2.21. The second kappa shape index (κ2) is 6.02. The molecule has 1 N–H and O–H groups in total. The SMILES string of the molecule is Cc1cc(C2CN(C(=O)OC(C)(C)C)CCN2)ccc1F. The molecule has 0 radical (unpaired) electrons. The molecular weight excluding hydrogens is 271 g/mol. The standard InChI is InChI=1S/C16H23FN2O2/c1-11-9-12(5-6-13(11)17)14-10-19(8-7-18-14)15(20)21-16(2,3)4/h5-6,9,14,18H,7-8,10H2,1-4H3. The zero-order valence-corrected chi connectivity index (χ0v) is 13.1. The third-order valence-electron chi connectivity index (χ3n) is 3.41. The van der Waals surface area contributed by atoms with Crippen LogP contribution >= 0.6 is 0 Å². The predicted octanol–water partition coefficient (Wildman–Crippen LogP) is 3.02. The molecular formula is C16H23FN2O2. The average molecular weight is 294 g/mol. The van der Waals surface area contributed by atoms with E-state index in [0.29, 0.717) is 25.2 Å². The van der Waals surface area contributed by atoms with E-state index in [0.717, 1.165) is 5.56 Å². The van der Waals surface area contributed by atoms with Gasteiger partial charge in [-0.15, -0.1) is 0 Å². The van der Waals surface area contributed by atoms with Crippen molar-refractivity contribution in [2.45, 2.75) is 39.3 Å². The van der Waals surface area contributed by atoms with Gasteiger partial charge in [-0.25, -0.2) is 9.18 Å². The monoisotopic (exact) mass is 294 g/mol. The molecule has 116 valence electrons. The molecule has 4 nitrogen and oxygen atoms in total. The molecule has 1 heterocycles. The summed E-state index contributed by atoms with van der Waals surface area (Å²) in [5.41, 5.74) is 1.11. The van der Waals surface area contributed by atoms with Crippen LogP contribution in [0.15, 0.2) is 18.2 Å². The fourth-order valence-corrected chi connectivity index (χ4v) is 2.35. The quantitative estimate of drug-likeness (QED) is 0.865. The summed E-state index contributed by atoms with van der Waals surface area (Å²) in [7, 11) is 0. The lowest BCUT2D eigenvalue weighted by Crippen LogP contribution is -2.49. The van der Waals surface area contributed by atoms with Gasteiger partial charge in [-0.05, 0) is 44.9 Å². The van der Waals surface area contributed by atoms with Crippen LogP contribution in [0.3, 0.4) is 0 Å². The number of carbonyl (C=O) groups is 1. The van der Waals surface area contributed by atoms with Crippen LogP contribution in [0.1, 0.15) is 37.9 Å². The van der Waals surface area contributed by atoms with Gasteiger partial charge in [-0.1, -0.05) is 12.1 Å². The van der Waals surface area contributed by atoms with Crippen molar-refractivity contribution in [1.82, 2.24) is 10.2 Å². The van der Waals surface area contributed by atoms with Gasteiger partial charge in [0.25, 0.3) is 0 Å². The van der Waals surface area contributed by atoms with Crippen molar-refractivity contribution in [2.75, 3.05) is 19.6 Å². The number of hydrogen-bond donors (Lipinski definition) is 1. The number of amides is 1. The zero-order valence-electron chi connectivity index (χ0n) is 13.1. The molecule has 1 amide bonds. The summed E-state index contributed by atoms with van der Waals surface area (Å²) in [6.07, 6.45) is -0.298. The third-order valence-corrected chi connectivity index (χ3v) is 3.41. The van der Waals surface area contributed by atoms with Gasteiger partial charge in [0.05, 0.1) is 6.04 Å². The van der Waals surface area contributed by atoms with Gasteiger partial charge in [0, 0.05) is 19.6 Å². The lowest BCUT2D eigenvalue weighted by atomic mass is 10.0. The van der Waals surface area contributed by atoms with Crippen LogP contribution in [0.25, 0.3) is 0 Å². The molecule has 5 heteroatoms. The van der Waals surface area contributed by atoms with E-state index < -0.39 is 5.60 Å². The maximum Gasteiger partial charge on any atom is 0.410 e. The van der Waals surface area contributed by atoms with E-state index in [-0.39, 0.29) is 18.0 Å². The minimum atomic E-state index is -0.496. The number of ether oxygens (including phenoxy) is 1. The Morgan fingerprint density at radius 1 is 1.43 bits per heavy atom. The summed E-state index contributed by atoms with van der Waals surface area (Å²) in [5, 5.41) is 3.36. The molecule has 1 aliphatic heterocycles. The number of hydrogen-bond acceptors (Lipinski definition) is 3. The van der Waals surface area contributed by atoms with Crippen molar-refractivity contribution in [3.05, 3.63) is 35.1 Å². The molecule has 1 atom stereocenters. The Morgan fingerprint density at radius 3 is 2.76 bits per heavy atom. The van der Waals surface area contributed by atoms with E-state index in [1.54, 1.807) is 17.9 Å². The van der Waals surface area contributed by atoms with Crippen LogP contribution in [0.5, 0.6) is 0 Å². The van der Waals surface area contributed by atoms with E-state index in [9.17, 15) is 9.18 Å². The largest absolute Gasteiger partial charge is 0.444 e. The van der Waals surface area contributed by atoms with Gasteiger partial charge in [0.1, 0.15) is 11.4 Å². The van der Waals surface area contributed by atoms with E-state index in [4.69, 9.17) is 4.74 Å². The maximum atomic E-state index is 13.4. The Balaban J connectivity index is 2.06. The lowest BCUT2D eigenvalue weighted by molar-refractivity contribution is 0.0195. The highest BCUT2D eigenvalue weighted by molar-refractivity contribution is 5.68. The van der Waals surface area contributed by atoms with Crippen molar-refractivity contribution < 1.29 is 13.9 Å². The van der Waals surface area contributed by atoms with Crippen LogP contribution < -0.4 is 5.32 Å². The molecule has 2 rings (SSSR count). The number of rotatable bonds is 1. The summed E-state index contributed by atoms with van der Waals surface area (Å²) in [6, 6.07) is 5.06. The molecule has 0 bridgehead atoms. The van der Waals surface area contributed by atoms with Crippen molar-refractivity contribution in [1.29, 1.82) is 0 Å². The van der Waals surface area contributed by atoms with Crippen LogP contribution in [-0.4, -0.2) is 36.2 Å². The fraction of sp³-hybridized carbons (Fsp3) is 0.562. The number of benzene rings is 1. The number of aryl methyl sites for hydroxylation is 1.